The minimum absolute atomic E-state index is 0.309. The molecule has 0 aliphatic heterocycles. The Bertz CT molecular complexity index is 768. The third-order valence-corrected chi connectivity index (χ3v) is 4.75. The maximum atomic E-state index is 12.4. The number of carbonyl (C=O) groups is 2. The van der Waals surface area contributed by atoms with Gasteiger partial charge in [-0.2, -0.15) is 5.10 Å². The molecule has 1 amide bonds. The van der Waals surface area contributed by atoms with Crippen molar-refractivity contribution in [3.63, 3.8) is 0 Å². The first kappa shape index (κ1) is 15.7. The van der Waals surface area contributed by atoms with Crippen molar-refractivity contribution in [2.45, 2.75) is 31.6 Å². The maximum Gasteiger partial charge on any atom is 0.310 e. The molecule has 7 heteroatoms. The van der Waals surface area contributed by atoms with E-state index in [2.05, 4.69) is 31.4 Å². The Labute approximate surface area is 141 Å². The topological polar surface area (TPSA) is 95.1 Å². The van der Waals surface area contributed by atoms with Crippen molar-refractivity contribution in [2.24, 2.45) is 0 Å². The van der Waals surface area contributed by atoms with Crippen LogP contribution in [0.5, 0.6) is 0 Å². The van der Waals surface area contributed by atoms with Crippen molar-refractivity contribution in [1.82, 2.24) is 10.2 Å². The number of H-pyrrole nitrogens is 1. The summed E-state index contributed by atoms with van der Waals surface area (Å²) < 4.78 is 0.701. The quantitative estimate of drug-likeness (QED) is 0.742. The Hall–Kier alpha value is -2.15. The number of hydrogen-bond donors (Lipinski definition) is 3. The Morgan fingerprint density at radius 3 is 2.83 bits per heavy atom. The number of aliphatic carboxylic acids is 1. The van der Waals surface area contributed by atoms with Crippen molar-refractivity contribution >= 4 is 33.5 Å². The molecular weight excluding hydrogens is 362 g/mol. The fourth-order valence-electron chi connectivity index (χ4n) is 2.35. The maximum absolute atomic E-state index is 12.4. The summed E-state index contributed by atoms with van der Waals surface area (Å²) in [5.41, 5.74) is 2.45. The normalized spacial score (nSPS) is 15.2. The molecule has 2 aromatic rings. The highest BCUT2D eigenvalue weighted by atomic mass is 79.9. The summed E-state index contributed by atoms with van der Waals surface area (Å²) in [5, 5.41) is 18.8. The smallest absolute Gasteiger partial charge is 0.310 e. The highest BCUT2D eigenvalue weighted by Crippen LogP contribution is 2.42. The van der Waals surface area contributed by atoms with Crippen LogP contribution in [0.2, 0.25) is 0 Å². The molecule has 1 aliphatic carbocycles. The van der Waals surface area contributed by atoms with Crippen LogP contribution in [0.3, 0.4) is 0 Å². The van der Waals surface area contributed by atoms with Crippen LogP contribution in [-0.4, -0.2) is 27.2 Å². The van der Waals surface area contributed by atoms with Crippen LogP contribution in [0.4, 0.5) is 5.69 Å². The zero-order valence-corrected chi connectivity index (χ0v) is 14.1. The number of carboxylic acids is 1. The predicted molar refractivity (Wildman–Crippen MR) is 88.7 cm³/mol. The lowest BCUT2D eigenvalue weighted by molar-refractivity contribution is -0.138. The number of carbonyl (C=O) groups excluding carboxylic acids is 1. The summed E-state index contributed by atoms with van der Waals surface area (Å²) in [6, 6.07) is 6.83. The van der Waals surface area contributed by atoms with Crippen molar-refractivity contribution in [3.05, 3.63) is 45.7 Å². The van der Waals surface area contributed by atoms with E-state index in [1.807, 2.05) is 0 Å². The third kappa shape index (κ3) is 3.29. The minimum atomic E-state index is -0.905. The van der Waals surface area contributed by atoms with Gasteiger partial charge in [0.05, 0.1) is 16.1 Å². The van der Waals surface area contributed by atoms with Gasteiger partial charge in [-0.3, -0.25) is 14.7 Å². The molecule has 1 aromatic heterocycles. The van der Waals surface area contributed by atoms with Crippen LogP contribution in [0, 0.1) is 0 Å². The lowest BCUT2D eigenvalue weighted by Gasteiger charge is -2.09. The second-order valence-electron chi connectivity index (χ2n) is 5.71. The number of carboxylic acid groups (broad SMARTS) is 1. The van der Waals surface area contributed by atoms with E-state index in [1.54, 1.807) is 31.2 Å². The van der Waals surface area contributed by atoms with Crippen molar-refractivity contribution in [1.29, 1.82) is 0 Å². The highest BCUT2D eigenvalue weighted by Gasteiger charge is 2.30. The van der Waals surface area contributed by atoms with Crippen LogP contribution in [0.15, 0.2) is 28.7 Å². The van der Waals surface area contributed by atoms with Gasteiger partial charge in [-0.25, -0.2) is 0 Å². The highest BCUT2D eigenvalue weighted by molar-refractivity contribution is 9.10. The molecule has 3 N–H and O–H groups in total. The standard InChI is InChI=1S/C16H16BrN3O3/c1-8(16(22)23)10-3-2-4-11(7-10)18-15(21)14-12(17)13(19-20-14)9-5-6-9/h2-4,7-9H,5-6H2,1H3,(H,18,21)(H,19,20)(H,22,23). The lowest BCUT2D eigenvalue weighted by atomic mass is 10.0. The number of nitrogens with one attached hydrogen (secondary N) is 2. The lowest BCUT2D eigenvalue weighted by Crippen LogP contribution is -2.14. The number of halogens is 1. The van der Waals surface area contributed by atoms with E-state index < -0.39 is 11.9 Å². The van der Waals surface area contributed by atoms with E-state index in [1.165, 1.54) is 0 Å². The summed E-state index contributed by atoms with van der Waals surface area (Å²) in [6.45, 7) is 1.61. The molecule has 0 spiro atoms. The fraction of sp³-hybridized carbons (Fsp3) is 0.312. The summed E-state index contributed by atoms with van der Waals surface area (Å²) in [6.07, 6.45) is 2.22. The van der Waals surface area contributed by atoms with Crippen molar-refractivity contribution < 1.29 is 14.7 Å². The molecule has 3 rings (SSSR count). The van der Waals surface area contributed by atoms with Gasteiger partial charge >= 0.3 is 5.97 Å². The van der Waals surface area contributed by atoms with Crippen LogP contribution in [-0.2, 0) is 4.79 Å². The number of rotatable bonds is 5. The summed E-state index contributed by atoms with van der Waals surface area (Å²) in [7, 11) is 0. The van der Waals surface area contributed by atoms with Gasteiger partial charge in [-0.05, 0) is 53.4 Å². The molecule has 1 atom stereocenters. The Kier molecular flexibility index (Phi) is 4.21. The van der Waals surface area contributed by atoms with E-state index in [9.17, 15) is 9.59 Å². The second kappa shape index (κ2) is 6.16. The molecule has 6 nitrogen and oxygen atoms in total. The molecule has 0 saturated heterocycles. The predicted octanol–water partition coefficient (Wildman–Crippen LogP) is 3.49. The van der Waals surface area contributed by atoms with E-state index in [0.717, 1.165) is 18.5 Å². The first-order valence-corrected chi connectivity index (χ1v) is 8.14. The molecule has 1 aliphatic rings. The number of anilines is 1. The minimum Gasteiger partial charge on any atom is -0.481 e. The van der Waals surface area contributed by atoms with Gasteiger partial charge in [0, 0.05) is 11.6 Å². The Morgan fingerprint density at radius 2 is 2.17 bits per heavy atom. The summed E-state index contributed by atoms with van der Waals surface area (Å²) in [5.74, 6) is -1.42. The molecule has 0 bridgehead atoms. The Morgan fingerprint density at radius 1 is 1.43 bits per heavy atom. The van der Waals surface area contributed by atoms with E-state index in [4.69, 9.17) is 5.11 Å². The number of hydrogen-bond acceptors (Lipinski definition) is 3. The largest absolute Gasteiger partial charge is 0.481 e. The molecule has 1 fully saturated rings. The number of aromatic amines is 1. The van der Waals surface area contributed by atoms with Gasteiger partial charge in [0.2, 0.25) is 0 Å². The van der Waals surface area contributed by atoms with Gasteiger partial charge in [-0.1, -0.05) is 12.1 Å². The number of nitrogens with zero attached hydrogens (tertiary/aromatic N) is 1. The van der Waals surface area contributed by atoms with Crippen LogP contribution < -0.4 is 5.32 Å². The number of amides is 1. The average molecular weight is 378 g/mol. The number of benzene rings is 1. The van der Waals surface area contributed by atoms with Crippen LogP contribution in [0.1, 0.15) is 53.3 Å². The second-order valence-corrected chi connectivity index (χ2v) is 6.51. The van der Waals surface area contributed by atoms with Gasteiger partial charge < -0.3 is 10.4 Å². The Balaban J connectivity index is 1.77. The monoisotopic (exact) mass is 377 g/mol. The molecular formula is C16H16BrN3O3. The van der Waals surface area contributed by atoms with Crippen LogP contribution >= 0.6 is 15.9 Å². The summed E-state index contributed by atoms with van der Waals surface area (Å²) in [4.78, 5) is 23.4. The van der Waals surface area contributed by atoms with E-state index >= 15 is 0 Å². The van der Waals surface area contributed by atoms with Crippen molar-refractivity contribution in [2.75, 3.05) is 5.32 Å². The fourth-order valence-corrected chi connectivity index (χ4v) is 3.03. The third-order valence-electron chi connectivity index (χ3n) is 3.95. The molecule has 1 unspecified atom stereocenters. The van der Waals surface area contributed by atoms with Crippen molar-refractivity contribution in [3.8, 4) is 0 Å². The SMILES string of the molecule is CC(C(=O)O)c1cccc(NC(=O)c2n[nH]c(C3CC3)c2Br)c1. The zero-order valence-electron chi connectivity index (χ0n) is 12.5. The molecule has 23 heavy (non-hydrogen) atoms. The molecule has 1 aromatic carbocycles. The van der Waals surface area contributed by atoms with E-state index in [0.29, 0.717) is 27.3 Å². The first-order valence-electron chi connectivity index (χ1n) is 7.35. The van der Waals surface area contributed by atoms with Gasteiger partial charge in [0.15, 0.2) is 5.69 Å². The van der Waals surface area contributed by atoms with Gasteiger partial charge in [-0.15, -0.1) is 0 Å². The average Bonchev–Trinajstić information content (AvgIpc) is 3.29. The molecule has 1 heterocycles. The molecule has 0 radical (unpaired) electrons. The summed E-state index contributed by atoms with van der Waals surface area (Å²) >= 11 is 3.43. The van der Waals surface area contributed by atoms with Gasteiger partial charge in [0.1, 0.15) is 0 Å². The van der Waals surface area contributed by atoms with Crippen LogP contribution in [0.25, 0.3) is 0 Å². The number of aromatic nitrogens is 2. The van der Waals surface area contributed by atoms with E-state index in [-0.39, 0.29) is 5.91 Å². The first-order chi connectivity index (χ1) is 11.0. The molecule has 120 valence electrons. The zero-order chi connectivity index (χ0) is 16.6. The van der Waals surface area contributed by atoms with Gasteiger partial charge in [0.25, 0.3) is 5.91 Å². The molecule has 1 saturated carbocycles.